The number of hydrogen-bond donors (Lipinski definition) is 1. The summed E-state index contributed by atoms with van der Waals surface area (Å²) in [5, 5.41) is 5.26. The minimum atomic E-state index is -0.248. The Morgan fingerprint density at radius 2 is 1.81 bits per heavy atom. The Bertz CT molecular complexity index is 904. The quantitative estimate of drug-likeness (QED) is 0.698. The van der Waals surface area contributed by atoms with Crippen molar-refractivity contribution in [2.24, 2.45) is 0 Å². The number of ether oxygens (including phenoxy) is 2. The van der Waals surface area contributed by atoms with Crippen LogP contribution in [0, 0.1) is 13.8 Å². The van der Waals surface area contributed by atoms with Crippen LogP contribution >= 0.6 is 11.3 Å². The van der Waals surface area contributed by atoms with E-state index in [1.807, 2.05) is 11.4 Å². The van der Waals surface area contributed by atoms with Crippen LogP contribution < -0.4 is 14.8 Å². The van der Waals surface area contributed by atoms with E-state index >= 15 is 0 Å². The Morgan fingerprint density at radius 3 is 2.50 bits per heavy atom. The number of carbonyl (C=O) groups is 1. The fourth-order valence-electron chi connectivity index (χ4n) is 2.34. The molecule has 0 spiro atoms. The predicted molar refractivity (Wildman–Crippen MR) is 104 cm³/mol. The summed E-state index contributed by atoms with van der Waals surface area (Å²) in [5.41, 5.74) is 4.35. The van der Waals surface area contributed by atoms with Crippen LogP contribution in [0.3, 0.4) is 0 Å². The minimum Gasteiger partial charge on any atom is -0.497 e. The maximum atomic E-state index is 12.1. The highest BCUT2D eigenvalue weighted by molar-refractivity contribution is 7.14. The highest BCUT2D eigenvalue weighted by Crippen LogP contribution is 2.26. The van der Waals surface area contributed by atoms with Gasteiger partial charge in [-0.15, -0.1) is 11.3 Å². The summed E-state index contributed by atoms with van der Waals surface area (Å²) in [6.07, 6.45) is 0. The normalized spacial score (nSPS) is 10.4. The van der Waals surface area contributed by atoms with Gasteiger partial charge in [-0.25, -0.2) is 4.98 Å². The molecule has 1 heterocycles. The molecular weight excluding hydrogens is 348 g/mol. The Balaban J connectivity index is 1.57. The molecule has 1 amide bonds. The fourth-order valence-corrected chi connectivity index (χ4v) is 3.08. The third kappa shape index (κ3) is 4.40. The summed E-state index contributed by atoms with van der Waals surface area (Å²) in [6.45, 7) is 4.07. The molecule has 1 aromatic heterocycles. The van der Waals surface area contributed by atoms with Gasteiger partial charge in [0.15, 0.2) is 11.7 Å². The van der Waals surface area contributed by atoms with Crippen molar-refractivity contribution in [1.82, 2.24) is 4.98 Å². The van der Waals surface area contributed by atoms with E-state index in [0.29, 0.717) is 10.9 Å². The smallest absolute Gasteiger partial charge is 0.264 e. The van der Waals surface area contributed by atoms with Crippen molar-refractivity contribution in [3.05, 3.63) is 59.0 Å². The molecule has 134 valence electrons. The van der Waals surface area contributed by atoms with Crippen LogP contribution in [0.15, 0.2) is 47.8 Å². The number of aryl methyl sites for hydroxylation is 2. The second kappa shape index (κ2) is 8.01. The molecule has 0 fully saturated rings. The number of carbonyl (C=O) groups excluding carboxylic acids is 1. The van der Waals surface area contributed by atoms with Gasteiger partial charge in [-0.2, -0.15) is 0 Å². The van der Waals surface area contributed by atoms with Crippen LogP contribution in [0.2, 0.25) is 0 Å². The van der Waals surface area contributed by atoms with Crippen molar-refractivity contribution in [3.8, 4) is 22.8 Å². The van der Waals surface area contributed by atoms with Crippen molar-refractivity contribution in [2.45, 2.75) is 13.8 Å². The van der Waals surface area contributed by atoms with Gasteiger partial charge >= 0.3 is 0 Å². The first-order valence-electron chi connectivity index (χ1n) is 8.15. The van der Waals surface area contributed by atoms with Crippen LogP contribution in [-0.2, 0) is 4.79 Å². The van der Waals surface area contributed by atoms with E-state index < -0.39 is 0 Å². The number of methoxy groups -OCH3 is 1. The predicted octanol–water partition coefficient (Wildman–Crippen LogP) is 4.45. The average Bonchev–Trinajstić information content (AvgIpc) is 3.11. The molecular formula is C20H20N2O3S. The molecule has 3 rings (SSSR count). The molecule has 2 aromatic carbocycles. The van der Waals surface area contributed by atoms with Gasteiger partial charge in [0.1, 0.15) is 11.5 Å². The van der Waals surface area contributed by atoms with E-state index in [9.17, 15) is 4.79 Å². The van der Waals surface area contributed by atoms with E-state index in [1.54, 1.807) is 31.4 Å². The third-order valence-electron chi connectivity index (χ3n) is 3.98. The molecule has 0 aliphatic heterocycles. The van der Waals surface area contributed by atoms with Gasteiger partial charge in [-0.1, -0.05) is 12.1 Å². The number of thiazole rings is 1. The first-order valence-corrected chi connectivity index (χ1v) is 9.03. The maximum Gasteiger partial charge on any atom is 0.264 e. The number of nitrogens with one attached hydrogen (secondary N) is 1. The Hall–Kier alpha value is -2.86. The van der Waals surface area contributed by atoms with Crippen LogP contribution in [-0.4, -0.2) is 24.6 Å². The Kier molecular flexibility index (Phi) is 5.53. The number of amides is 1. The van der Waals surface area contributed by atoms with E-state index in [-0.39, 0.29) is 12.5 Å². The minimum absolute atomic E-state index is 0.0785. The summed E-state index contributed by atoms with van der Waals surface area (Å²) >= 11 is 1.39. The third-order valence-corrected chi connectivity index (χ3v) is 4.74. The molecule has 0 atom stereocenters. The Morgan fingerprint density at radius 1 is 1.08 bits per heavy atom. The van der Waals surface area contributed by atoms with Gasteiger partial charge in [0.25, 0.3) is 5.91 Å². The zero-order chi connectivity index (χ0) is 18.5. The van der Waals surface area contributed by atoms with Crippen LogP contribution in [0.1, 0.15) is 11.1 Å². The number of anilines is 1. The van der Waals surface area contributed by atoms with Crippen molar-refractivity contribution >= 4 is 22.4 Å². The summed E-state index contributed by atoms with van der Waals surface area (Å²) in [4.78, 5) is 16.5. The number of aromatic nitrogens is 1. The summed E-state index contributed by atoms with van der Waals surface area (Å²) in [5.74, 6) is 1.10. The van der Waals surface area contributed by atoms with Gasteiger partial charge in [-0.05, 0) is 55.3 Å². The van der Waals surface area contributed by atoms with Crippen molar-refractivity contribution < 1.29 is 14.3 Å². The van der Waals surface area contributed by atoms with Gasteiger partial charge < -0.3 is 9.47 Å². The summed E-state index contributed by atoms with van der Waals surface area (Å²) in [7, 11) is 1.60. The molecule has 0 saturated heterocycles. The molecule has 0 radical (unpaired) electrons. The highest BCUT2D eigenvalue weighted by Gasteiger charge is 2.09. The molecule has 0 unspecified atom stereocenters. The number of rotatable bonds is 6. The lowest BCUT2D eigenvalue weighted by atomic mass is 10.1. The van der Waals surface area contributed by atoms with E-state index in [1.165, 1.54) is 22.5 Å². The maximum absolute atomic E-state index is 12.1. The van der Waals surface area contributed by atoms with Gasteiger partial charge in [0.2, 0.25) is 0 Å². The van der Waals surface area contributed by atoms with Crippen molar-refractivity contribution in [2.75, 3.05) is 19.0 Å². The summed E-state index contributed by atoms with van der Waals surface area (Å²) in [6, 6.07) is 13.3. The van der Waals surface area contributed by atoms with Crippen LogP contribution in [0.5, 0.6) is 11.5 Å². The molecule has 0 bridgehead atoms. The summed E-state index contributed by atoms with van der Waals surface area (Å²) < 4.78 is 10.6. The molecule has 5 nitrogen and oxygen atoms in total. The van der Waals surface area contributed by atoms with Crippen LogP contribution in [0.25, 0.3) is 11.3 Å². The molecule has 3 aromatic rings. The number of hydrogen-bond acceptors (Lipinski definition) is 5. The average molecular weight is 368 g/mol. The zero-order valence-corrected chi connectivity index (χ0v) is 15.7. The first kappa shape index (κ1) is 17.9. The molecule has 0 aliphatic carbocycles. The van der Waals surface area contributed by atoms with Crippen LogP contribution in [0.4, 0.5) is 5.13 Å². The van der Waals surface area contributed by atoms with Gasteiger partial charge in [-0.3, -0.25) is 10.1 Å². The second-order valence-corrected chi connectivity index (χ2v) is 6.71. The molecule has 0 saturated carbocycles. The molecule has 0 aliphatic rings. The van der Waals surface area contributed by atoms with E-state index in [2.05, 4.69) is 36.3 Å². The van der Waals surface area contributed by atoms with Gasteiger partial charge in [0, 0.05) is 10.9 Å². The fraction of sp³-hybridized carbons (Fsp3) is 0.200. The topological polar surface area (TPSA) is 60.5 Å². The largest absolute Gasteiger partial charge is 0.497 e. The van der Waals surface area contributed by atoms with Crippen molar-refractivity contribution in [1.29, 1.82) is 0 Å². The lowest BCUT2D eigenvalue weighted by Gasteiger charge is -2.06. The Labute approximate surface area is 156 Å². The lowest BCUT2D eigenvalue weighted by Crippen LogP contribution is -2.20. The number of benzene rings is 2. The highest BCUT2D eigenvalue weighted by atomic mass is 32.1. The molecule has 1 N–H and O–H groups in total. The molecule has 6 heteroatoms. The van der Waals surface area contributed by atoms with E-state index in [4.69, 9.17) is 9.47 Å². The molecule has 26 heavy (non-hydrogen) atoms. The van der Waals surface area contributed by atoms with Crippen molar-refractivity contribution in [3.63, 3.8) is 0 Å². The SMILES string of the molecule is COc1ccc(OCC(=O)Nc2nc(-c3ccc(C)c(C)c3)cs2)cc1. The zero-order valence-electron chi connectivity index (χ0n) is 14.9. The second-order valence-electron chi connectivity index (χ2n) is 5.85. The van der Waals surface area contributed by atoms with Gasteiger partial charge in [0.05, 0.1) is 12.8 Å². The van der Waals surface area contributed by atoms with E-state index in [0.717, 1.165) is 17.0 Å². The standard InChI is InChI=1S/C20H20N2O3S/c1-13-4-5-15(10-14(13)2)18-12-26-20(21-18)22-19(23)11-25-17-8-6-16(24-3)7-9-17/h4-10,12H,11H2,1-3H3,(H,21,22,23). The lowest BCUT2D eigenvalue weighted by molar-refractivity contribution is -0.118. The first-order chi connectivity index (χ1) is 12.5. The monoisotopic (exact) mass is 368 g/mol. The number of nitrogens with zero attached hydrogens (tertiary/aromatic N) is 1.